The van der Waals surface area contributed by atoms with Crippen molar-refractivity contribution in [1.82, 2.24) is 4.98 Å². The summed E-state index contributed by atoms with van der Waals surface area (Å²) in [6, 6.07) is 4.07. The first kappa shape index (κ1) is 8.54. The summed E-state index contributed by atoms with van der Waals surface area (Å²) < 4.78 is 0. The molecule has 1 heterocycles. The van der Waals surface area contributed by atoms with Gasteiger partial charge < -0.3 is 5.73 Å². The highest BCUT2D eigenvalue weighted by Gasteiger charge is 2.16. The number of nitrogens with zero attached hydrogens (tertiary/aromatic N) is 1. The van der Waals surface area contributed by atoms with Crippen molar-refractivity contribution in [3.8, 4) is 0 Å². The van der Waals surface area contributed by atoms with E-state index in [2.05, 4.69) is 11.1 Å². The third-order valence-corrected chi connectivity index (χ3v) is 2.91. The number of hydrogen-bond donors (Lipinski definition) is 1. The molecule has 0 spiro atoms. The summed E-state index contributed by atoms with van der Waals surface area (Å²) in [5.74, 6) is 1.57. The van der Waals surface area contributed by atoms with E-state index in [-0.39, 0.29) is 0 Å². The lowest BCUT2D eigenvalue weighted by Crippen LogP contribution is -2.03. The van der Waals surface area contributed by atoms with Crippen LogP contribution in [0, 0.1) is 5.92 Å². The largest absolute Gasteiger partial charge is 0.383 e. The Labute approximate surface area is 79.2 Å². The van der Waals surface area contributed by atoms with Crippen LogP contribution in [0.1, 0.15) is 31.2 Å². The minimum absolute atomic E-state index is 0.717. The first-order chi connectivity index (χ1) is 6.36. The predicted octanol–water partition coefficient (Wildman–Crippen LogP) is 2.40. The Hall–Kier alpha value is -1.05. The Morgan fingerprint density at radius 2 is 2.15 bits per heavy atom. The summed E-state index contributed by atoms with van der Waals surface area (Å²) in [5, 5.41) is 0. The minimum Gasteiger partial charge on any atom is -0.383 e. The number of nitrogens with two attached hydrogens (primary N) is 1. The molecule has 70 valence electrons. The Morgan fingerprint density at radius 3 is 2.85 bits per heavy atom. The van der Waals surface area contributed by atoms with Gasteiger partial charge in [-0.25, -0.2) is 4.98 Å². The molecular weight excluding hydrogens is 160 g/mol. The van der Waals surface area contributed by atoms with E-state index in [4.69, 9.17) is 5.73 Å². The highest BCUT2D eigenvalue weighted by Crippen LogP contribution is 2.28. The molecule has 1 fully saturated rings. The van der Waals surface area contributed by atoms with Crippen molar-refractivity contribution in [3.05, 3.63) is 23.9 Å². The second-order valence-corrected chi connectivity index (χ2v) is 3.90. The van der Waals surface area contributed by atoms with Gasteiger partial charge in [-0.05, 0) is 24.0 Å². The molecule has 0 saturated heterocycles. The normalized spacial score (nSPS) is 17.8. The van der Waals surface area contributed by atoms with Crippen molar-refractivity contribution < 1.29 is 0 Å². The highest BCUT2D eigenvalue weighted by molar-refractivity contribution is 5.38. The monoisotopic (exact) mass is 176 g/mol. The smallest absolute Gasteiger partial charge is 0.126 e. The Balaban J connectivity index is 2.04. The van der Waals surface area contributed by atoms with Crippen LogP contribution in [0.5, 0.6) is 0 Å². The molecular formula is C11H16N2. The lowest BCUT2D eigenvalue weighted by molar-refractivity contribution is 0.546. The molecule has 0 atom stereocenters. The van der Waals surface area contributed by atoms with Gasteiger partial charge in [0.2, 0.25) is 0 Å². The average Bonchev–Trinajstić information content (AvgIpc) is 2.61. The molecule has 0 unspecified atom stereocenters. The van der Waals surface area contributed by atoms with Gasteiger partial charge in [0.15, 0.2) is 0 Å². The first-order valence-electron chi connectivity index (χ1n) is 5.05. The number of anilines is 1. The number of hydrogen-bond acceptors (Lipinski definition) is 2. The third-order valence-electron chi connectivity index (χ3n) is 2.91. The van der Waals surface area contributed by atoms with Gasteiger partial charge in [0.25, 0.3) is 0 Å². The maximum atomic E-state index is 5.79. The van der Waals surface area contributed by atoms with Crippen molar-refractivity contribution in [2.75, 3.05) is 5.73 Å². The standard InChI is InChI=1S/C11H16N2/c12-11-10(6-3-7-13-11)8-9-4-1-2-5-9/h3,6-7,9H,1-2,4-5,8H2,(H2,12,13). The zero-order valence-corrected chi connectivity index (χ0v) is 7.87. The maximum Gasteiger partial charge on any atom is 0.126 e. The van der Waals surface area contributed by atoms with Crippen molar-refractivity contribution in [1.29, 1.82) is 0 Å². The van der Waals surface area contributed by atoms with E-state index in [9.17, 15) is 0 Å². The lowest BCUT2D eigenvalue weighted by Gasteiger charge is -2.09. The molecule has 2 heteroatoms. The fourth-order valence-corrected chi connectivity index (χ4v) is 2.15. The summed E-state index contributed by atoms with van der Waals surface area (Å²) in [4.78, 5) is 4.10. The van der Waals surface area contributed by atoms with Crippen LogP contribution in [-0.4, -0.2) is 4.98 Å². The molecule has 2 rings (SSSR count). The Kier molecular flexibility index (Phi) is 2.48. The lowest BCUT2D eigenvalue weighted by atomic mass is 9.99. The van der Waals surface area contributed by atoms with Gasteiger partial charge in [0.1, 0.15) is 5.82 Å². The van der Waals surface area contributed by atoms with Gasteiger partial charge in [0, 0.05) is 6.20 Å². The van der Waals surface area contributed by atoms with E-state index >= 15 is 0 Å². The van der Waals surface area contributed by atoms with Crippen molar-refractivity contribution >= 4 is 5.82 Å². The fraction of sp³-hybridized carbons (Fsp3) is 0.545. The number of rotatable bonds is 2. The first-order valence-corrected chi connectivity index (χ1v) is 5.05. The van der Waals surface area contributed by atoms with Crippen LogP contribution in [0.15, 0.2) is 18.3 Å². The molecule has 0 bridgehead atoms. The van der Waals surface area contributed by atoms with Crippen LogP contribution in [0.4, 0.5) is 5.82 Å². The molecule has 2 nitrogen and oxygen atoms in total. The van der Waals surface area contributed by atoms with Gasteiger partial charge in [-0.3, -0.25) is 0 Å². The van der Waals surface area contributed by atoms with Crippen LogP contribution < -0.4 is 5.73 Å². The summed E-state index contributed by atoms with van der Waals surface area (Å²) in [5.41, 5.74) is 7.02. The van der Waals surface area contributed by atoms with Gasteiger partial charge in [-0.15, -0.1) is 0 Å². The van der Waals surface area contributed by atoms with E-state index in [1.807, 2.05) is 6.07 Å². The van der Waals surface area contributed by atoms with Crippen LogP contribution in [-0.2, 0) is 6.42 Å². The third kappa shape index (κ3) is 2.00. The van der Waals surface area contributed by atoms with Crippen LogP contribution in [0.2, 0.25) is 0 Å². The molecule has 13 heavy (non-hydrogen) atoms. The Morgan fingerprint density at radius 1 is 1.38 bits per heavy atom. The summed E-state index contributed by atoms with van der Waals surface area (Å²) in [6.07, 6.45) is 8.41. The predicted molar refractivity (Wildman–Crippen MR) is 54.3 cm³/mol. The van der Waals surface area contributed by atoms with Crippen LogP contribution in [0.25, 0.3) is 0 Å². The van der Waals surface area contributed by atoms with E-state index in [0.29, 0.717) is 0 Å². The topological polar surface area (TPSA) is 38.9 Å². The number of nitrogen functional groups attached to an aromatic ring is 1. The summed E-state index contributed by atoms with van der Waals surface area (Å²) in [6.45, 7) is 0. The molecule has 1 aliphatic rings. The van der Waals surface area contributed by atoms with Gasteiger partial charge in [0.05, 0.1) is 0 Å². The zero-order chi connectivity index (χ0) is 9.10. The average molecular weight is 176 g/mol. The molecule has 1 aliphatic carbocycles. The molecule has 0 radical (unpaired) electrons. The SMILES string of the molecule is Nc1ncccc1CC1CCCC1. The molecule has 1 saturated carbocycles. The van der Waals surface area contributed by atoms with Gasteiger partial charge in [-0.2, -0.15) is 0 Å². The fourth-order valence-electron chi connectivity index (χ4n) is 2.15. The minimum atomic E-state index is 0.717. The van der Waals surface area contributed by atoms with E-state index < -0.39 is 0 Å². The van der Waals surface area contributed by atoms with E-state index in [1.54, 1.807) is 6.20 Å². The van der Waals surface area contributed by atoms with Crippen molar-refractivity contribution in [3.63, 3.8) is 0 Å². The van der Waals surface area contributed by atoms with E-state index in [1.165, 1.54) is 31.2 Å². The van der Waals surface area contributed by atoms with Crippen LogP contribution in [0.3, 0.4) is 0 Å². The quantitative estimate of drug-likeness (QED) is 0.751. The van der Waals surface area contributed by atoms with Crippen LogP contribution >= 0.6 is 0 Å². The van der Waals surface area contributed by atoms with Gasteiger partial charge in [-0.1, -0.05) is 31.7 Å². The van der Waals surface area contributed by atoms with Crippen molar-refractivity contribution in [2.24, 2.45) is 5.92 Å². The number of aromatic nitrogens is 1. The molecule has 2 N–H and O–H groups in total. The second-order valence-electron chi connectivity index (χ2n) is 3.90. The second kappa shape index (κ2) is 3.77. The molecule has 0 amide bonds. The highest BCUT2D eigenvalue weighted by atomic mass is 14.8. The summed E-state index contributed by atoms with van der Waals surface area (Å²) >= 11 is 0. The Bertz CT molecular complexity index is 277. The van der Waals surface area contributed by atoms with Crippen molar-refractivity contribution in [2.45, 2.75) is 32.1 Å². The number of pyridine rings is 1. The maximum absolute atomic E-state index is 5.79. The van der Waals surface area contributed by atoms with Gasteiger partial charge >= 0.3 is 0 Å². The molecule has 1 aromatic rings. The molecule has 1 aromatic heterocycles. The van der Waals surface area contributed by atoms with E-state index in [0.717, 1.165) is 18.2 Å². The molecule has 0 aromatic carbocycles. The molecule has 0 aliphatic heterocycles. The zero-order valence-electron chi connectivity index (χ0n) is 7.87. The summed E-state index contributed by atoms with van der Waals surface area (Å²) in [7, 11) is 0.